The molecule has 3 aromatic rings. The van der Waals surface area contributed by atoms with Gasteiger partial charge in [-0.1, -0.05) is 39.7 Å². The van der Waals surface area contributed by atoms with Crippen LogP contribution >= 0.6 is 27.5 Å². The van der Waals surface area contributed by atoms with E-state index in [1.807, 2.05) is 24.3 Å². The van der Waals surface area contributed by atoms with Gasteiger partial charge in [-0.25, -0.2) is 9.69 Å². The third-order valence-electron chi connectivity index (χ3n) is 4.79. The van der Waals surface area contributed by atoms with Crippen molar-refractivity contribution >= 4 is 57.1 Å². The first-order chi connectivity index (χ1) is 16.4. The molecule has 1 saturated heterocycles. The first-order valence-electron chi connectivity index (χ1n) is 10.2. The van der Waals surface area contributed by atoms with Gasteiger partial charge in [-0.15, -0.1) is 0 Å². The number of anilines is 1. The smallest absolute Gasteiger partial charge is 0.335 e. The number of nitrogens with zero attached hydrogens (tertiary/aromatic N) is 1. The summed E-state index contributed by atoms with van der Waals surface area (Å²) in [6.07, 6.45) is 1.41. The fourth-order valence-electron chi connectivity index (χ4n) is 3.19. The number of hydrogen-bond acceptors (Lipinski definition) is 5. The summed E-state index contributed by atoms with van der Waals surface area (Å²) in [5.74, 6) is -0.227. The number of benzene rings is 3. The Labute approximate surface area is 209 Å². The molecule has 3 aromatic carbocycles. The number of hydrogen-bond donors (Lipinski definition) is 1. The standard InChI is InChI=1S/C25H18BrClN2O5/c26-17-4-10-20(11-5-17)33-12-13-34-21-3-1-2-16(14-21)15-22-23(30)28-25(32)29(24(22)31)19-8-6-18(27)7-9-19/h1-11,14-15H,12-13H2,(H,28,30,32)/b22-15-. The van der Waals surface area contributed by atoms with Gasteiger partial charge in [0.05, 0.1) is 5.69 Å². The van der Waals surface area contributed by atoms with Crippen LogP contribution < -0.4 is 19.7 Å². The fraction of sp³-hybridized carbons (Fsp3) is 0.0800. The lowest BCUT2D eigenvalue weighted by molar-refractivity contribution is -0.122. The molecule has 0 atom stereocenters. The second-order valence-corrected chi connectivity index (χ2v) is 8.51. The molecule has 1 aliphatic rings. The zero-order chi connectivity index (χ0) is 24.1. The van der Waals surface area contributed by atoms with E-state index in [0.29, 0.717) is 35.2 Å². The van der Waals surface area contributed by atoms with Crippen LogP contribution in [-0.2, 0) is 9.59 Å². The van der Waals surface area contributed by atoms with Crippen LogP contribution in [0.4, 0.5) is 10.5 Å². The molecule has 4 amide bonds. The van der Waals surface area contributed by atoms with Gasteiger partial charge < -0.3 is 9.47 Å². The van der Waals surface area contributed by atoms with Gasteiger partial charge in [0, 0.05) is 9.50 Å². The summed E-state index contributed by atoms with van der Waals surface area (Å²) >= 11 is 9.26. The normalized spacial score (nSPS) is 14.8. The topological polar surface area (TPSA) is 84.9 Å². The average molecular weight is 542 g/mol. The number of nitrogens with one attached hydrogen (secondary N) is 1. The Morgan fingerprint density at radius 3 is 2.26 bits per heavy atom. The van der Waals surface area contributed by atoms with E-state index in [0.717, 1.165) is 15.1 Å². The Kier molecular flexibility index (Phi) is 7.30. The molecule has 1 aliphatic heterocycles. The molecule has 1 fully saturated rings. The Bertz CT molecular complexity index is 1260. The molecule has 4 rings (SSSR count). The summed E-state index contributed by atoms with van der Waals surface area (Å²) in [7, 11) is 0. The first-order valence-corrected chi connectivity index (χ1v) is 11.4. The molecule has 34 heavy (non-hydrogen) atoms. The van der Waals surface area contributed by atoms with Crippen molar-refractivity contribution in [2.75, 3.05) is 18.1 Å². The largest absolute Gasteiger partial charge is 0.490 e. The van der Waals surface area contributed by atoms with Crippen molar-refractivity contribution in [3.05, 3.63) is 93.4 Å². The molecule has 0 spiro atoms. The Hall–Kier alpha value is -3.62. The van der Waals surface area contributed by atoms with E-state index in [-0.39, 0.29) is 5.57 Å². The second kappa shape index (κ2) is 10.5. The number of urea groups is 1. The van der Waals surface area contributed by atoms with E-state index in [4.69, 9.17) is 21.1 Å². The van der Waals surface area contributed by atoms with Crippen LogP contribution in [0.1, 0.15) is 5.56 Å². The van der Waals surface area contributed by atoms with Crippen molar-refractivity contribution in [3.8, 4) is 11.5 Å². The van der Waals surface area contributed by atoms with Gasteiger partial charge >= 0.3 is 6.03 Å². The third-order valence-corrected chi connectivity index (χ3v) is 5.57. The van der Waals surface area contributed by atoms with Crippen LogP contribution in [0.25, 0.3) is 6.08 Å². The summed E-state index contributed by atoms with van der Waals surface area (Å²) in [5, 5.41) is 2.65. The van der Waals surface area contributed by atoms with E-state index >= 15 is 0 Å². The van der Waals surface area contributed by atoms with Crippen LogP contribution in [0, 0.1) is 0 Å². The van der Waals surface area contributed by atoms with Gasteiger partial charge in [-0.05, 0) is 72.3 Å². The van der Waals surface area contributed by atoms with Crippen LogP contribution in [0.2, 0.25) is 5.02 Å². The van der Waals surface area contributed by atoms with Crippen molar-refractivity contribution < 1.29 is 23.9 Å². The number of halogens is 2. The third kappa shape index (κ3) is 5.65. The Morgan fingerprint density at radius 1 is 0.882 bits per heavy atom. The molecule has 0 aliphatic carbocycles. The molecule has 1 N–H and O–H groups in total. The van der Waals surface area contributed by atoms with Gasteiger partial charge in [0.2, 0.25) is 0 Å². The summed E-state index contributed by atoms with van der Waals surface area (Å²) in [6, 6.07) is 19.7. The molecule has 0 bridgehead atoms. The lowest BCUT2D eigenvalue weighted by atomic mass is 10.1. The van der Waals surface area contributed by atoms with Crippen molar-refractivity contribution in [3.63, 3.8) is 0 Å². The van der Waals surface area contributed by atoms with Gasteiger partial charge in [0.15, 0.2) is 0 Å². The molecule has 9 heteroatoms. The molecule has 7 nitrogen and oxygen atoms in total. The maximum Gasteiger partial charge on any atom is 0.335 e. The van der Waals surface area contributed by atoms with Gasteiger partial charge in [0.25, 0.3) is 11.8 Å². The van der Waals surface area contributed by atoms with Gasteiger partial charge in [0.1, 0.15) is 30.3 Å². The maximum atomic E-state index is 13.0. The molecule has 172 valence electrons. The Morgan fingerprint density at radius 2 is 1.56 bits per heavy atom. The highest BCUT2D eigenvalue weighted by atomic mass is 79.9. The lowest BCUT2D eigenvalue weighted by Gasteiger charge is -2.26. The summed E-state index contributed by atoms with van der Waals surface area (Å²) in [4.78, 5) is 38.6. The number of barbiturate groups is 1. The molecule has 0 saturated carbocycles. The second-order valence-electron chi connectivity index (χ2n) is 7.16. The van der Waals surface area contributed by atoms with E-state index in [9.17, 15) is 14.4 Å². The van der Waals surface area contributed by atoms with Crippen LogP contribution in [0.3, 0.4) is 0 Å². The lowest BCUT2D eigenvalue weighted by Crippen LogP contribution is -2.54. The van der Waals surface area contributed by atoms with Crippen molar-refractivity contribution in [2.24, 2.45) is 0 Å². The Balaban J connectivity index is 1.44. The van der Waals surface area contributed by atoms with Gasteiger partial charge in [-0.2, -0.15) is 0 Å². The number of ether oxygens (including phenoxy) is 2. The van der Waals surface area contributed by atoms with E-state index < -0.39 is 17.8 Å². The quantitative estimate of drug-likeness (QED) is 0.252. The minimum absolute atomic E-state index is 0.176. The zero-order valence-corrected chi connectivity index (χ0v) is 20.0. The predicted molar refractivity (Wildman–Crippen MR) is 132 cm³/mol. The molecule has 0 radical (unpaired) electrons. The van der Waals surface area contributed by atoms with Crippen molar-refractivity contribution in [1.82, 2.24) is 5.32 Å². The highest BCUT2D eigenvalue weighted by molar-refractivity contribution is 9.10. The summed E-state index contributed by atoms with van der Waals surface area (Å²) in [5.41, 5.74) is 0.689. The monoisotopic (exact) mass is 540 g/mol. The molecular weight excluding hydrogens is 524 g/mol. The molecule has 1 heterocycles. The van der Waals surface area contributed by atoms with E-state index in [1.54, 1.807) is 36.4 Å². The summed E-state index contributed by atoms with van der Waals surface area (Å²) < 4.78 is 12.3. The van der Waals surface area contributed by atoms with Crippen LogP contribution in [0.5, 0.6) is 11.5 Å². The molecule has 0 unspecified atom stereocenters. The zero-order valence-electron chi connectivity index (χ0n) is 17.7. The van der Waals surface area contributed by atoms with Crippen LogP contribution in [0.15, 0.2) is 82.8 Å². The van der Waals surface area contributed by atoms with Crippen molar-refractivity contribution in [1.29, 1.82) is 0 Å². The number of carbonyl (C=O) groups excluding carboxylic acids is 3. The number of carbonyl (C=O) groups is 3. The van der Waals surface area contributed by atoms with E-state index in [1.165, 1.54) is 18.2 Å². The van der Waals surface area contributed by atoms with E-state index in [2.05, 4.69) is 21.2 Å². The molecular formula is C25H18BrClN2O5. The highest BCUT2D eigenvalue weighted by Crippen LogP contribution is 2.24. The number of imide groups is 2. The fourth-order valence-corrected chi connectivity index (χ4v) is 3.58. The molecule has 0 aromatic heterocycles. The van der Waals surface area contributed by atoms with Crippen molar-refractivity contribution in [2.45, 2.75) is 0 Å². The SMILES string of the molecule is O=C1NC(=O)N(c2ccc(Cl)cc2)C(=O)/C1=C\c1cccc(OCCOc2ccc(Br)cc2)c1. The van der Waals surface area contributed by atoms with Gasteiger partial charge in [-0.3, -0.25) is 14.9 Å². The summed E-state index contributed by atoms with van der Waals surface area (Å²) in [6.45, 7) is 0.639. The number of amides is 4. The predicted octanol–water partition coefficient (Wildman–Crippen LogP) is 5.23. The minimum Gasteiger partial charge on any atom is -0.490 e. The first kappa shape index (κ1) is 23.5. The minimum atomic E-state index is -0.822. The van der Waals surface area contributed by atoms with Crippen LogP contribution in [-0.4, -0.2) is 31.1 Å². The average Bonchev–Trinajstić information content (AvgIpc) is 2.82. The maximum absolute atomic E-state index is 13.0. The number of rotatable bonds is 7. The highest BCUT2D eigenvalue weighted by Gasteiger charge is 2.36.